The van der Waals surface area contributed by atoms with Crippen LogP contribution in [0.1, 0.15) is 13.8 Å². The topological polar surface area (TPSA) is 65.0 Å². The van der Waals surface area contributed by atoms with E-state index in [1.54, 1.807) is 31.6 Å². The van der Waals surface area contributed by atoms with Crippen molar-refractivity contribution in [2.45, 2.75) is 22.8 Å². The molecule has 0 radical (unpaired) electrons. The molecule has 1 aliphatic heterocycles. The molecule has 0 bridgehead atoms. The number of halogens is 1. The molecule has 6 nitrogen and oxygen atoms in total. The molecule has 1 aromatic heterocycles. The van der Waals surface area contributed by atoms with E-state index in [1.165, 1.54) is 15.6 Å². The van der Waals surface area contributed by atoms with Crippen LogP contribution in [0.4, 0.5) is 0 Å². The number of hydrogen-bond donors (Lipinski definition) is 1. The lowest BCUT2D eigenvalue weighted by Gasteiger charge is -2.39. The molecule has 0 amide bonds. The molecule has 10 heteroatoms. The number of sulfonamides is 1. The van der Waals surface area contributed by atoms with Crippen LogP contribution < -0.4 is 5.32 Å². The van der Waals surface area contributed by atoms with Gasteiger partial charge in [-0.2, -0.15) is 16.1 Å². The predicted molar refractivity (Wildman–Crippen MR) is 119 cm³/mol. The van der Waals surface area contributed by atoms with Crippen molar-refractivity contribution >= 4 is 63.1 Å². The van der Waals surface area contributed by atoms with Gasteiger partial charge in [-0.15, -0.1) is 35.3 Å². The van der Waals surface area contributed by atoms with E-state index in [0.717, 1.165) is 24.8 Å². The maximum atomic E-state index is 12.4. The number of likely N-dealkylation sites (N-methyl/N-ethyl adjacent to an activating group) is 1. The van der Waals surface area contributed by atoms with Crippen molar-refractivity contribution in [1.82, 2.24) is 14.5 Å². The zero-order valence-electron chi connectivity index (χ0n) is 15.1. The molecule has 1 N–H and O–H groups in total. The van der Waals surface area contributed by atoms with Crippen molar-refractivity contribution in [3.63, 3.8) is 0 Å². The first-order chi connectivity index (χ1) is 11.3. The van der Waals surface area contributed by atoms with Gasteiger partial charge in [0.05, 0.1) is 0 Å². The van der Waals surface area contributed by atoms with Crippen LogP contribution in [0.25, 0.3) is 0 Å². The molecule has 1 aliphatic rings. The Morgan fingerprint density at radius 2 is 2.20 bits per heavy atom. The molecule has 2 heterocycles. The monoisotopic (exact) mass is 518 g/mol. The molecule has 0 atom stereocenters. The summed E-state index contributed by atoms with van der Waals surface area (Å²) >= 11 is 3.21. The molecule has 1 fully saturated rings. The highest BCUT2D eigenvalue weighted by molar-refractivity contribution is 14.0. The van der Waals surface area contributed by atoms with Gasteiger partial charge in [0.25, 0.3) is 10.0 Å². The van der Waals surface area contributed by atoms with Gasteiger partial charge in [-0.05, 0) is 25.3 Å². The molecule has 0 saturated carbocycles. The summed E-state index contributed by atoms with van der Waals surface area (Å²) in [7, 11) is -0.0104. The fourth-order valence-corrected chi connectivity index (χ4v) is 6.02. The van der Waals surface area contributed by atoms with Gasteiger partial charge < -0.3 is 10.2 Å². The summed E-state index contributed by atoms with van der Waals surface area (Å²) < 4.78 is 26.7. The van der Waals surface area contributed by atoms with Gasteiger partial charge in [0.15, 0.2) is 5.96 Å². The van der Waals surface area contributed by atoms with Crippen molar-refractivity contribution in [3.8, 4) is 0 Å². The number of thiophene rings is 1. The Morgan fingerprint density at radius 3 is 2.76 bits per heavy atom. The van der Waals surface area contributed by atoms with Gasteiger partial charge in [0, 0.05) is 50.8 Å². The van der Waals surface area contributed by atoms with Gasteiger partial charge in [-0.3, -0.25) is 4.99 Å². The fraction of sp³-hybridized carbons (Fsp3) is 0.667. The number of guanidine groups is 1. The summed E-state index contributed by atoms with van der Waals surface area (Å²) in [4.78, 5) is 6.58. The van der Waals surface area contributed by atoms with E-state index < -0.39 is 10.0 Å². The Morgan fingerprint density at radius 1 is 1.48 bits per heavy atom. The van der Waals surface area contributed by atoms with Crippen molar-refractivity contribution < 1.29 is 8.42 Å². The van der Waals surface area contributed by atoms with Crippen LogP contribution in [0.3, 0.4) is 0 Å². The van der Waals surface area contributed by atoms with E-state index >= 15 is 0 Å². The first kappa shape index (κ1) is 23.0. The van der Waals surface area contributed by atoms with Crippen LogP contribution >= 0.6 is 47.1 Å². The number of hydrogen-bond acceptors (Lipinski definition) is 5. The number of aliphatic imine (C=N–C) groups is 1. The number of nitrogens with one attached hydrogen (secondary N) is 1. The van der Waals surface area contributed by atoms with Crippen LogP contribution in [-0.2, 0) is 10.0 Å². The van der Waals surface area contributed by atoms with Crippen molar-refractivity contribution in [2.75, 3.05) is 46.0 Å². The molecule has 0 aliphatic carbocycles. The van der Waals surface area contributed by atoms with Gasteiger partial charge in [-0.25, -0.2) is 8.42 Å². The molecule has 1 aromatic rings. The minimum absolute atomic E-state index is 0. The number of nitrogens with zero attached hydrogens (tertiary/aromatic N) is 3. The fourth-order valence-electron chi connectivity index (χ4n) is 2.54. The lowest BCUT2D eigenvalue weighted by atomic mass is 10.2. The third-order valence-electron chi connectivity index (χ3n) is 3.81. The summed E-state index contributed by atoms with van der Waals surface area (Å²) in [6.07, 6.45) is 0. The normalized spacial score (nSPS) is 18.1. The average molecular weight is 519 g/mol. The Bertz CT molecular complexity index is 662. The number of thioether (sulfide) groups is 1. The second kappa shape index (κ2) is 9.77. The van der Waals surface area contributed by atoms with Gasteiger partial charge in [0.2, 0.25) is 0 Å². The Kier molecular flexibility index (Phi) is 8.99. The van der Waals surface area contributed by atoms with E-state index in [1.807, 2.05) is 11.8 Å². The SMILES string of the molecule is CN=C(NCCN(C)S(=O)(=O)c1cccs1)N1CCSC(C)(C)C1.I. The Labute approximate surface area is 176 Å². The zero-order chi connectivity index (χ0) is 17.8. The van der Waals surface area contributed by atoms with Crippen LogP contribution in [0.15, 0.2) is 26.7 Å². The van der Waals surface area contributed by atoms with Crippen LogP contribution in [-0.4, -0.2) is 74.4 Å². The molecule has 25 heavy (non-hydrogen) atoms. The number of rotatable bonds is 5. The van der Waals surface area contributed by atoms with E-state index in [0.29, 0.717) is 17.3 Å². The average Bonchev–Trinajstić information content (AvgIpc) is 3.05. The second-order valence-corrected chi connectivity index (χ2v) is 11.3. The Hall–Kier alpha value is -0.0400. The molecule has 144 valence electrons. The van der Waals surface area contributed by atoms with Crippen LogP contribution in [0.5, 0.6) is 0 Å². The van der Waals surface area contributed by atoms with E-state index in [4.69, 9.17) is 0 Å². The zero-order valence-corrected chi connectivity index (χ0v) is 19.8. The highest BCUT2D eigenvalue weighted by Crippen LogP contribution is 2.29. The molecule has 2 rings (SSSR count). The van der Waals surface area contributed by atoms with E-state index in [9.17, 15) is 8.42 Å². The standard InChI is InChI=1S/C15H26N4O2S3.HI/c1-15(2)12-19(9-11-23-15)14(16-3)17-7-8-18(4)24(20,21)13-6-5-10-22-13;/h5-6,10H,7-9,11-12H2,1-4H3,(H,16,17);1H. The first-order valence-corrected chi connectivity index (χ1v) is 11.2. The maximum absolute atomic E-state index is 12.4. The second-order valence-electron chi connectivity index (χ2n) is 6.26. The molecular formula is C15H27IN4O2S3. The summed E-state index contributed by atoms with van der Waals surface area (Å²) in [6, 6.07) is 3.39. The lowest BCUT2D eigenvalue weighted by Crippen LogP contribution is -2.51. The van der Waals surface area contributed by atoms with Crippen molar-refractivity contribution in [2.24, 2.45) is 4.99 Å². The minimum Gasteiger partial charge on any atom is -0.355 e. The highest BCUT2D eigenvalue weighted by Gasteiger charge is 2.28. The van der Waals surface area contributed by atoms with E-state index in [2.05, 4.69) is 29.1 Å². The molecule has 0 aromatic carbocycles. The summed E-state index contributed by atoms with van der Waals surface area (Å²) in [6.45, 7) is 7.28. The van der Waals surface area contributed by atoms with Crippen molar-refractivity contribution in [1.29, 1.82) is 0 Å². The molecule has 0 unspecified atom stereocenters. The van der Waals surface area contributed by atoms with Crippen molar-refractivity contribution in [3.05, 3.63) is 17.5 Å². The molecular weight excluding hydrogens is 491 g/mol. The van der Waals surface area contributed by atoms with Gasteiger partial charge in [0.1, 0.15) is 4.21 Å². The molecule has 0 spiro atoms. The van der Waals surface area contributed by atoms with E-state index in [-0.39, 0.29) is 28.7 Å². The summed E-state index contributed by atoms with van der Waals surface area (Å²) in [5.74, 6) is 1.91. The minimum atomic E-state index is -3.39. The van der Waals surface area contributed by atoms with Crippen LogP contribution in [0, 0.1) is 0 Å². The lowest BCUT2D eigenvalue weighted by molar-refractivity contribution is 0.373. The quantitative estimate of drug-likeness (QED) is 0.369. The van der Waals surface area contributed by atoms with Gasteiger partial charge in [-0.1, -0.05) is 6.07 Å². The van der Waals surface area contributed by atoms with Gasteiger partial charge >= 0.3 is 0 Å². The maximum Gasteiger partial charge on any atom is 0.252 e. The van der Waals surface area contributed by atoms with Crippen LogP contribution in [0.2, 0.25) is 0 Å². The summed E-state index contributed by atoms with van der Waals surface area (Å²) in [5, 5.41) is 5.06. The largest absolute Gasteiger partial charge is 0.355 e. The third-order valence-corrected chi connectivity index (χ3v) is 8.33. The highest BCUT2D eigenvalue weighted by atomic mass is 127. The predicted octanol–water partition coefficient (Wildman–Crippen LogP) is 2.39. The Balaban J connectivity index is 0.00000312. The smallest absolute Gasteiger partial charge is 0.252 e. The molecule has 1 saturated heterocycles. The summed E-state index contributed by atoms with van der Waals surface area (Å²) in [5.41, 5.74) is 0. The first-order valence-electron chi connectivity index (χ1n) is 7.86. The third kappa shape index (κ3) is 6.26.